The third kappa shape index (κ3) is 4.78. The average Bonchev–Trinajstić information content (AvgIpc) is 2.28. The number of rotatable bonds is 6. The summed E-state index contributed by atoms with van der Waals surface area (Å²) in [5, 5.41) is 3.00. The number of nitrogens with one attached hydrogen (secondary N) is 1. The second-order valence-corrected chi connectivity index (χ2v) is 4.96. The standard InChI is InChI=1S/C15H23NO2/c1-5-18-14-8-6-7-13(10-14)15(17)16-12(4)9-11(2)3/h6-8,10-12H,5,9H2,1-4H3,(H,16,17)/t12-/m1/s1. The first-order valence-electron chi connectivity index (χ1n) is 6.56. The molecule has 1 atom stereocenters. The molecule has 0 saturated heterocycles. The van der Waals surface area contributed by atoms with Crippen LogP contribution in [0.1, 0.15) is 44.5 Å². The third-order valence-electron chi connectivity index (χ3n) is 2.61. The lowest BCUT2D eigenvalue weighted by atomic mass is 10.0. The van der Waals surface area contributed by atoms with Crippen LogP contribution in [0.25, 0.3) is 0 Å². The van der Waals surface area contributed by atoms with Crippen LogP contribution in [0, 0.1) is 5.92 Å². The highest BCUT2D eigenvalue weighted by Gasteiger charge is 2.11. The van der Waals surface area contributed by atoms with E-state index in [0.29, 0.717) is 18.1 Å². The van der Waals surface area contributed by atoms with Crippen molar-refractivity contribution in [3.8, 4) is 5.75 Å². The van der Waals surface area contributed by atoms with Crippen molar-refractivity contribution in [2.45, 2.75) is 40.2 Å². The monoisotopic (exact) mass is 249 g/mol. The van der Waals surface area contributed by atoms with Crippen LogP contribution in [0.2, 0.25) is 0 Å². The Morgan fingerprint density at radius 3 is 2.67 bits per heavy atom. The third-order valence-corrected chi connectivity index (χ3v) is 2.61. The number of benzene rings is 1. The summed E-state index contributed by atoms with van der Waals surface area (Å²) in [5.41, 5.74) is 0.650. The molecular weight excluding hydrogens is 226 g/mol. The summed E-state index contributed by atoms with van der Waals surface area (Å²) < 4.78 is 5.39. The average molecular weight is 249 g/mol. The summed E-state index contributed by atoms with van der Waals surface area (Å²) >= 11 is 0. The van der Waals surface area contributed by atoms with Crippen LogP contribution in [0.4, 0.5) is 0 Å². The summed E-state index contributed by atoms with van der Waals surface area (Å²) in [6.07, 6.45) is 0.983. The summed E-state index contributed by atoms with van der Waals surface area (Å²) in [6.45, 7) is 8.87. The molecule has 3 heteroatoms. The van der Waals surface area contributed by atoms with Crippen molar-refractivity contribution in [1.29, 1.82) is 0 Å². The smallest absolute Gasteiger partial charge is 0.251 e. The normalized spacial score (nSPS) is 12.3. The van der Waals surface area contributed by atoms with Crippen LogP contribution < -0.4 is 10.1 Å². The van der Waals surface area contributed by atoms with Gasteiger partial charge in [-0.2, -0.15) is 0 Å². The van der Waals surface area contributed by atoms with Gasteiger partial charge in [-0.3, -0.25) is 4.79 Å². The van der Waals surface area contributed by atoms with Crippen molar-refractivity contribution in [2.24, 2.45) is 5.92 Å². The highest BCUT2D eigenvalue weighted by molar-refractivity contribution is 5.94. The van der Waals surface area contributed by atoms with Crippen molar-refractivity contribution in [2.75, 3.05) is 6.61 Å². The second-order valence-electron chi connectivity index (χ2n) is 4.96. The Labute approximate surface area is 110 Å². The van der Waals surface area contributed by atoms with Crippen LogP contribution >= 0.6 is 0 Å². The van der Waals surface area contributed by atoms with Crippen molar-refractivity contribution in [1.82, 2.24) is 5.32 Å². The van der Waals surface area contributed by atoms with E-state index in [1.807, 2.05) is 26.0 Å². The van der Waals surface area contributed by atoms with Crippen molar-refractivity contribution in [3.05, 3.63) is 29.8 Å². The fraction of sp³-hybridized carbons (Fsp3) is 0.533. The molecule has 0 aliphatic carbocycles. The van der Waals surface area contributed by atoms with E-state index in [2.05, 4.69) is 19.2 Å². The topological polar surface area (TPSA) is 38.3 Å². The molecule has 0 radical (unpaired) electrons. The minimum Gasteiger partial charge on any atom is -0.494 e. The molecule has 0 bridgehead atoms. The van der Waals surface area contributed by atoms with Crippen molar-refractivity contribution < 1.29 is 9.53 Å². The van der Waals surface area contributed by atoms with Crippen molar-refractivity contribution >= 4 is 5.91 Å². The van der Waals surface area contributed by atoms with E-state index in [4.69, 9.17) is 4.74 Å². The van der Waals surface area contributed by atoms with Gasteiger partial charge in [-0.15, -0.1) is 0 Å². The lowest BCUT2D eigenvalue weighted by molar-refractivity contribution is 0.0935. The Hall–Kier alpha value is -1.51. The van der Waals surface area contributed by atoms with Crippen LogP contribution in [-0.2, 0) is 0 Å². The highest BCUT2D eigenvalue weighted by Crippen LogP contribution is 2.13. The molecule has 0 aliphatic rings. The fourth-order valence-corrected chi connectivity index (χ4v) is 1.97. The van der Waals surface area contributed by atoms with Gasteiger partial charge in [-0.25, -0.2) is 0 Å². The fourth-order valence-electron chi connectivity index (χ4n) is 1.97. The number of hydrogen-bond donors (Lipinski definition) is 1. The molecule has 0 aliphatic heterocycles. The number of hydrogen-bond acceptors (Lipinski definition) is 2. The second kappa shape index (κ2) is 7.04. The van der Waals surface area contributed by atoms with Gasteiger partial charge < -0.3 is 10.1 Å². The molecule has 0 spiro atoms. The Morgan fingerprint density at radius 2 is 2.06 bits per heavy atom. The minimum atomic E-state index is -0.0373. The Balaban J connectivity index is 2.63. The number of carbonyl (C=O) groups is 1. The molecular formula is C15H23NO2. The van der Waals surface area contributed by atoms with Gasteiger partial charge in [0.05, 0.1) is 6.61 Å². The van der Waals surface area contributed by atoms with Gasteiger partial charge >= 0.3 is 0 Å². The molecule has 1 aromatic carbocycles. The Morgan fingerprint density at radius 1 is 1.33 bits per heavy atom. The maximum absolute atomic E-state index is 12.0. The predicted molar refractivity (Wildman–Crippen MR) is 74.0 cm³/mol. The molecule has 0 unspecified atom stereocenters. The summed E-state index contributed by atoms with van der Waals surface area (Å²) in [7, 11) is 0. The van der Waals surface area contributed by atoms with E-state index in [1.54, 1.807) is 12.1 Å². The first-order valence-corrected chi connectivity index (χ1v) is 6.56. The zero-order valence-corrected chi connectivity index (χ0v) is 11.7. The number of amides is 1. The van der Waals surface area contributed by atoms with E-state index < -0.39 is 0 Å². The van der Waals surface area contributed by atoms with E-state index >= 15 is 0 Å². The summed E-state index contributed by atoms with van der Waals surface area (Å²) in [5.74, 6) is 1.28. The van der Waals surface area contributed by atoms with Crippen molar-refractivity contribution in [3.63, 3.8) is 0 Å². The number of ether oxygens (including phenoxy) is 1. The van der Waals surface area contributed by atoms with Crippen LogP contribution in [0.3, 0.4) is 0 Å². The largest absolute Gasteiger partial charge is 0.494 e. The van der Waals surface area contributed by atoms with Gasteiger partial charge in [0, 0.05) is 11.6 Å². The van der Waals surface area contributed by atoms with Gasteiger partial charge in [-0.1, -0.05) is 19.9 Å². The molecule has 0 aromatic heterocycles. The Bertz CT molecular complexity index is 388. The van der Waals surface area contributed by atoms with Gasteiger partial charge in [0.2, 0.25) is 0 Å². The lowest BCUT2D eigenvalue weighted by Gasteiger charge is -2.16. The van der Waals surface area contributed by atoms with E-state index in [-0.39, 0.29) is 11.9 Å². The molecule has 3 nitrogen and oxygen atoms in total. The zero-order valence-electron chi connectivity index (χ0n) is 11.7. The first kappa shape index (κ1) is 14.6. The van der Waals surface area contributed by atoms with Gasteiger partial charge in [0.1, 0.15) is 5.75 Å². The van der Waals surface area contributed by atoms with Gasteiger partial charge in [0.15, 0.2) is 0 Å². The van der Waals surface area contributed by atoms with Crippen LogP contribution in [-0.4, -0.2) is 18.6 Å². The summed E-state index contributed by atoms with van der Waals surface area (Å²) in [6, 6.07) is 7.47. The first-order chi connectivity index (χ1) is 8.52. The van der Waals surface area contributed by atoms with Crippen LogP contribution in [0.5, 0.6) is 5.75 Å². The zero-order chi connectivity index (χ0) is 13.5. The van der Waals surface area contributed by atoms with Crippen LogP contribution in [0.15, 0.2) is 24.3 Å². The molecule has 1 rings (SSSR count). The molecule has 0 fully saturated rings. The minimum absolute atomic E-state index is 0.0373. The molecule has 0 saturated carbocycles. The van der Waals surface area contributed by atoms with E-state index in [9.17, 15) is 4.79 Å². The SMILES string of the molecule is CCOc1cccc(C(=O)N[C@H](C)CC(C)C)c1. The van der Waals surface area contributed by atoms with E-state index in [0.717, 1.165) is 12.2 Å². The summed E-state index contributed by atoms with van der Waals surface area (Å²) in [4.78, 5) is 12.0. The molecule has 1 aromatic rings. The molecule has 1 N–H and O–H groups in total. The van der Waals surface area contributed by atoms with Gasteiger partial charge in [-0.05, 0) is 44.4 Å². The molecule has 0 heterocycles. The molecule has 18 heavy (non-hydrogen) atoms. The predicted octanol–water partition coefficient (Wildman–Crippen LogP) is 3.25. The van der Waals surface area contributed by atoms with E-state index in [1.165, 1.54) is 0 Å². The maximum atomic E-state index is 12.0. The van der Waals surface area contributed by atoms with Gasteiger partial charge in [0.25, 0.3) is 5.91 Å². The lowest BCUT2D eigenvalue weighted by Crippen LogP contribution is -2.33. The Kier molecular flexibility index (Phi) is 5.69. The molecule has 1 amide bonds. The highest BCUT2D eigenvalue weighted by atomic mass is 16.5. The molecule has 100 valence electrons. The maximum Gasteiger partial charge on any atom is 0.251 e. The quantitative estimate of drug-likeness (QED) is 0.840. The number of carbonyl (C=O) groups excluding carboxylic acids is 1.